The lowest BCUT2D eigenvalue weighted by molar-refractivity contribution is -0.143. The lowest BCUT2D eigenvalue weighted by atomic mass is 10.0. The Kier molecular flexibility index (Phi) is 7.42. The number of aliphatic carboxylic acids is 2. The highest BCUT2D eigenvalue weighted by molar-refractivity contribution is 7.58. The van der Waals surface area contributed by atoms with Crippen LogP contribution in [0.25, 0.3) is 0 Å². The van der Waals surface area contributed by atoms with E-state index < -0.39 is 31.1 Å². The van der Waals surface area contributed by atoms with Gasteiger partial charge in [0, 0.05) is 19.7 Å². The van der Waals surface area contributed by atoms with Crippen molar-refractivity contribution >= 4 is 19.3 Å². The highest BCUT2D eigenvalue weighted by atomic mass is 31.2. The molecule has 0 aromatic heterocycles. The molecule has 1 aromatic carbocycles. The molecule has 23 heavy (non-hydrogen) atoms. The first-order chi connectivity index (χ1) is 10.8. The Labute approximate surface area is 134 Å². The zero-order valence-corrected chi connectivity index (χ0v) is 13.7. The second kappa shape index (κ2) is 8.82. The van der Waals surface area contributed by atoms with Crippen LogP contribution in [-0.4, -0.2) is 40.3 Å². The van der Waals surface area contributed by atoms with Crippen molar-refractivity contribution in [2.75, 3.05) is 13.3 Å². The van der Waals surface area contributed by atoms with Crippen molar-refractivity contribution in [2.24, 2.45) is 5.92 Å². The Morgan fingerprint density at radius 3 is 2.26 bits per heavy atom. The molecule has 0 spiro atoms. The molecule has 1 aromatic rings. The van der Waals surface area contributed by atoms with E-state index in [0.29, 0.717) is 5.56 Å². The number of carbonyl (C=O) groups is 2. The van der Waals surface area contributed by atoms with Crippen LogP contribution in [0.2, 0.25) is 0 Å². The van der Waals surface area contributed by atoms with Gasteiger partial charge in [0.2, 0.25) is 7.37 Å². The molecule has 0 saturated carbocycles. The molecule has 128 valence electrons. The zero-order valence-electron chi connectivity index (χ0n) is 12.8. The maximum absolute atomic E-state index is 12.5. The number of methoxy groups -OCH3 is 1. The van der Waals surface area contributed by atoms with Crippen molar-refractivity contribution < 1.29 is 34.0 Å². The average molecular weight is 344 g/mol. The van der Waals surface area contributed by atoms with Crippen LogP contribution in [0.3, 0.4) is 0 Å². The Hall–Kier alpha value is -1.69. The molecule has 3 unspecified atom stereocenters. The van der Waals surface area contributed by atoms with E-state index >= 15 is 0 Å². The summed E-state index contributed by atoms with van der Waals surface area (Å²) >= 11 is 0. The van der Waals surface area contributed by atoms with Crippen LogP contribution in [-0.2, 0) is 18.9 Å². The van der Waals surface area contributed by atoms with Gasteiger partial charge in [-0.05, 0) is 18.4 Å². The molecule has 0 bridgehead atoms. The van der Waals surface area contributed by atoms with Gasteiger partial charge in [-0.15, -0.1) is 0 Å². The van der Waals surface area contributed by atoms with Crippen molar-refractivity contribution in [1.82, 2.24) is 0 Å². The first kappa shape index (κ1) is 19.4. The summed E-state index contributed by atoms with van der Waals surface area (Å²) in [5.74, 6) is -4.26. The molecule has 1 rings (SSSR count). The third-order valence-corrected chi connectivity index (χ3v) is 5.67. The predicted molar refractivity (Wildman–Crippen MR) is 83.5 cm³/mol. The fourth-order valence-corrected chi connectivity index (χ4v) is 4.18. The summed E-state index contributed by atoms with van der Waals surface area (Å²) in [7, 11) is -2.48. The Morgan fingerprint density at radius 1 is 1.17 bits per heavy atom. The monoisotopic (exact) mass is 344 g/mol. The highest BCUT2D eigenvalue weighted by Gasteiger charge is 2.34. The largest absolute Gasteiger partial charge is 0.481 e. The summed E-state index contributed by atoms with van der Waals surface area (Å²) in [6.07, 6.45) is -0.702. The molecule has 0 saturated heterocycles. The molecule has 0 aliphatic rings. The molecule has 8 heteroatoms. The quantitative estimate of drug-likeness (QED) is 0.558. The van der Waals surface area contributed by atoms with Gasteiger partial charge in [0.05, 0.1) is 5.92 Å². The van der Waals surface area contributed by atoms with Crippen LogP contribution < -0.4 is 0 Å². The highest BCUT2D eigenvalue weighted by Crippen LogP contribution is 2.56. The third-order valence-electron chi connectivity index (χ3n) is 3.53. The molecule has 0 aliphatic carbocycles. The molecule has 3 N–H and O–H groups in total. The molecule has 3 atom stereocenters. The maximum atomic E-state index is 12.5. The van der Waals surface area contributed by atoms with Crippen molar-refractivity contribution in [1.29, 1.82) is 0 Å². The Bertz CT molecular complexity index is 572. The molecule has 0 radical (unpaired) electrons. The van der Waals surface area contributed by atoms with E-state index in [9.17, 15) is 19.0 Å². The smallest absolute Gasteiger partial charge is 0.306 e. The predicted octanol–water partition coefficient (Wildman–Crippen LogP) is 2.56. The summed E-state index contributed by atoms with van der Waals surface area (Å²) < 4.78 is 17.7. The second-order valence-corrected chi connectivity index (χ2v) is 7.66. The summed E-state index contributed by atoms with van der Waals surface area (Å²) in [6, 6.07) is 8.53. The van der Waals surface area contributed by atoms with Gasteiger partial charge in [-0.1, -0.05) is 30.3 Å². The van der Waals surface area contributed by atoms with Gasteiger partial charge in [0.1, 0.15) is 0 Å². The Morgan fingerprint density at radius 2 is 1.78 bits per heavy atom. The first-order valence-corrected chi connectivity index (χ1v) is 9.03. The SMILES string of the molecule is COC(c1ccccc1)P(=O)(O)CCC(CCC(=O)O)C(=O)O. The number of carboxylic acids is 2. The van der Waals surface area contributed by atoms with Crippen molar-refractivity contribution in [3.05, 3.63) is 35.9 Å². The number of rotatable bonds is 10. The molecule has 0 amide bonds. The van der Waals surface area contributed by atoms with Gasteiger partial charge in [-0.3, -0.25) is 14.2 Å². The van der Waals surface area contributed by atoms with E-state index in [2.05, 4.69) is 0 Å². The van der Waals surface area contributed by atoms with Gasteiger partial charge < -0.3 is 19.8 Å². The van der Waals surface area contributed by atoms with E-state index in [-0.39, 0.29) is 25.4 Å². The van der Waals surface area contributed by atoms with Crippen LogP contribution in [0.4, 0.5) is 0 Å². The van der Waals surface area contributed by atoms with Crippen LogP contribution in [0.5, 0.6) is 0 Å². The number of benzene rings is 1. The fraction of sp³-hybridized carbons (Fsp3) is 0.467. The van der Waals surface area contributed by atoms with E-state index in [1.807, 2.05) is 0 Å². The minimum Gasteiger partial charge on any atom is -0.481 e. The van der Waals surface area contributed by atoms with Gasteiger partial charge >= 0.3 is 11.9 Å². The minimum atomic E-state index is -3.80. The number of ether oxygens (including phenoxy) is 1. The lowest BCUT2D eigenvalue weighted by Gasteiger charge is -2.23. The van der Waals surface area contributed by atoms with Gasteiger partial charge in [-0.25, -0.2) is 0 Å². The topological polar surface area (TPSA) is 121 Å². The van der Waals surface area contributed by atoms with E-state index in [4.69, 9.17) is 14.9 Å². The summed E-state index contributed by atoms with van der Waals surface area (Å²) in [5, 5.41) is 17.7. The van der Waals surface area contributed by atoms with Gasteiger partial charge in [0.15, 0.2) is 5.85 Å². The minimum absolute atomic E-state index is 0.0757. The fourth-order valence-electron chi connectivity index (χ4n) is 2.30. The first-order valence-electron chi connectivity index (χ1n) is 7.11. The summed E-state index contributed by atoms with van der Waals surface area (Å²) in [5.41, 5.74) is 0.540. The zero-order chi connectivity index (χ0) is 17.5. The standard InChI is InChI=1S/C15H21O7P/c1-22-15(12-5-3-2-4-6-12)23(20,21)10-9-11(14(18)19)7-8-13(16)17/h2-6,11,15H,7-10H2,1H3,(H,16,17)(H,18,19)(H,20,21). The van der Waals surface area contributed by atoms with E-state index in [1.54, 1.807) is 30.3 Å². The third kappa shape index (κ3) is 6.14. The summed E-state index contributed by atoms with van der Waals surface area (Å²) in [4.78, 5) is 31.9. The normalized spacial score (nSPS) is 16.3. The van der Waals surface area contributed by atoms with E-state index in [0.717, 1.165) is 0 Å². The molecule has 0 fully saturated rings. The maximum Gasteiger partial charge on any atom is 0.306 e. The van der Waals surface area contributed by atoms with Crippen molar-refractivity contribution in [2.45, 2.75) is 25.1 Å². The molecule has 7 nitrogen and oxygen atoms in total. The van der Waals surface area contributed by atoms with Crippen LogP contribution in [0, 0.1) is 5.92 Å². The van der Waals surface area contributed by atoms with Crippen molar-refractivity contribution in [3.63, 3.8) is 0 Å². The molecule has 0 aliphatic heterocycles. The van der Waals surface area contributed by atoms with E-state index in [1.165, 1.54) is 7.11 Å². The molecular weight excluding hydrogens is 323 g/mol. The lowest BCUT2D eigenvalue weighted by Crippen LogP contribution is -2.18. The number of carboxylic acid groups (broad SMARTS) is 2. The van der Waals surface area contributed by atoms with Gasteiger partial charge in [-0.2, -0.15) is 0 Å². The molecule has 0 heterocycles. The second-order valence-electron chi connectivity index (χ2n) is 5.23. The van der Waals surface area contributed by atoms with Crippen LogP contribution >= 0.6 is 7.37 Å². The van der Waals surface area contributed by atoms with Crippen LogP contribution in [0.15, 0.2) is 30.3 Å². The number of hydrogen-bond donors (Lipinski definition) is 3. The van der Waals surface area contributed by atoms with Gasteiger partial charge in [0.25, 0.3) is 0 Å². The van der Waals surface area contributed by atoms with Crippen molar-refractivity contribution in [3.8, 4) is 0 Å². The van der Waals surface area contributed by atoms with Crippen LogP contribution in [0.1, 0.15) is 30.7 Å². The average Bonchev–Trinajstić information content (AvgIpc) is 2.48. The Balaban J connectivity index is 2.77. The number of hydrogen-bond acceptors (Lipinski definition) is 4. The molecular formula is C15H21O7P. The summed E-state index contributed by atoms with van der Waals surface area (Å²) in [6.45, 7) is 0.